The summed E-state index contributed by atoms with van der Waals surface area (Å²) >= 11 is 1.23. The SMILES string of the molecule is CCC(NC(=O)Cc1csc(NC(=O)c2ccco2)n1)c1ccccc1OCC(=O)N(C)C. The van der Waals surface area contributed by atoms with Gasteiger partial charge in [0.15, 0.2) is 17.5 Å². The van der Waals surface area contributed by atoms with Crippen LogP contribution in [0.1, 0.15) is 41.2 Å². The molecule has 9 nitrogen and oxygen atoms in total. The minimum atomic E-state index is -0.402. The molecule has 1 aromatic carbocycles. The zero-order chi connectivity index (χ0) is 23.8. The number of anilines is 1. The largest absolute Gasteiger partial charge is 0.483 e. The smallest absolute Gasteiger partial charge is 0.293 e. The number of amides is 3. The van der Waals surface area contributed by atoms with E-state index in [1.165, 1.54) is 22.5 Å². The molecule has 2 N–H and O–H groups in total. The molecule has 0 aliphatic rings. The Morgan fingerprint density at radius 1 is 1.18 bits per heavy atom. The third kappa shape index (κ3) is 6.66. The van der Waals surface area contributed by atoms with Crippen LogP contribution in [0.15, 0.2) is 52.5 Å². The van der Waals surface area contributed by atoms with Crippen LogP contribution >= 0.6 is 11.3 Å². The first-order valence-electron chi connectivity index (χ1n) is 10.4. The highest BCUT2D eigenvalue weighted by Gasteiger charge is 2.19. The maximum Gasteiger partial charge on any atom is 0.293 e. The van der Waals surface area contributed by atoms with Crippen molar-refractivity contribution in [1.82, 2.24) is 15.2 Å². The average Bonchev–Trinajstić information content (AvgIpc) is 3.48. The fourth-order valence-electron chi connectivity index (χ4n) is 2.99. The van der Waals surface area contributed by atoms with Crippen molar-refractivity contribution in [3.63, 3.8) is 0 Å². The van der Waals surface area contributed by atoms with Gasteiger partial charge in [-0.1, -0.05) is 25.1 Å². The maximum absolute atomic E-state index is 12.7. The molecule has 3 amide bonds. The van der Waals surface area contributed by atoms with Crippen LogP contribution in [-0.4, -0.2) is 48.3 Å². The number of nitrogens with zero attached hydrogens (tertiary/aromatic N) is 2. The highest BCUT2D eigenvalue weighted by atomic mass is 32.1. The molecule has 174 valence electrons. The molecule has 0 aliphatic carbocycles. The van der Waals surface area contributed by atoms with Crippen LogP contribution < -0.4 is 15.4 Å². The molecule has 3 rings (SSSR count). The number of rotatable bonds is 10. The minimum Gasteiger partial charge on any atom is -0.483 e. The number of hydrogen-bond donors (Lipinski definition) is 2. The molecule has 1 atom stereocenters. The van der Waals surface area contributed by atoms with Crippen LogP contribution in [0, 0.1) is 0 Å². The number of ether oxygens (including phenoxy) is 1. The predicted molar refractivity (Wildman–Crippen MR) is 124 cm³/mol. The summed E-state index contributed by atoms with van der Waals surface area (Å²) in [4.78, 5) is 42.4. The van der Waals surface area contributed by atoms with E-state index < -0.39 is 5.91 Å². The van der Waals surface area contributed by atoms with E-state index in [-0.39, 0.29) is 36.6 Å². The van der Waals surface area contributed by atoms with E-state index in [2.05, 4.69) is 15.6 Å². The van der Waals surface area contributed by atoms with Crippen LogP contribution in [-0.2, 0) is 16.0 Å². The van der Waals surface area contributed by atoms with Crippen molar-refractivity contribution in [3.8, 4) is 5.75 Å². The molecule has 0 saturated carbocycles. The Morgan fingerprint density at radius 3 is 2.67 bits per heavy atom. The Morgan fingerprint density at radius 2 is 1.97 bits per heavy atom. The van der Waals surface area contributed by atoms with Crippen molar-refractivity contribution < 1.29 is 23.5 Å². The third-order valence-corrected chi connectivity index (χ3v) is 5.55. The molecule has 2 aromatic heterocycles. The van der Waals surface area contributed by atoms with Crippen LogP contribution in [0.5, 0.6) is 5.75 Å². The molecular formula is C23H26N4O5S. The van der Waals surface area contributed by atoms with Gasteiger partial charge < -0.3 is 19.4 Å². The summed E-state index contributed by atoms with van der Waals surface area (Å²) in [6, 6.07) is 10.2. The predicted octanol–water partition coefficient (Wildman–Crippen LogP) is 3.27. The van der Waals surface area contributed by atoms with E-state index in [9.17, 15) is 14.4 Å². The number of benzene rings is 1. The van der Waals surface area contributed by atoms with E-state index in [0.29, 0.717) is 23.0 Å². The van der Waals surface area contributed by atoms with E-state index in [1.807, 2.05) is 25.1 Å². The second-order valence-corrected chi connectivity index (χ2v) is 8.25. The van der Waals surface area contributed by atoms with E-state index in [4.69, 9.17) is 9.15 Å². The molecule has 3 aromatic rings. The van der Waals surface area contributed by atoms with Gasteiger partial charge in [-0.05, 0) is 24.6 Å². The highest BCUT2D eigenvalue weighted by molar-refractivity contribution is 7.14. The maximum atomic E-state index is 12.7. The molecule has 1 unspecified atom stereocenters. The van der Waals surface area contributed by atoms with Gasteiger partial charge >= 0.3 is 0 Å². The summed E-state index contributed by atoms with van der Waals surface area (Å²) in [6.45, 7) is 1.87. The molecule has 0 radical (unpaired) electrons. The number of likely N-dealkylation sites (N-methyl/N-ethyl adjacent to an activating group) is 1. The van der Waals surface area contributed by atoms with Gasteiger partial charge in [0.25, 0.3) is 11.8 Å². The van der Waals surface area contributed by atoms with E-state index >= 15 is 0 Å². The van der Waals surface area contributed by atoms with Crippen molar-refractivity contribution in [1.29, 1.82) is 0 Å². The van der Waals surface area contributed by atoms with Gasteiger partial charge in [-0.15, -0.1) is 11.3 Å². The number of nitrogens with one attached hydrogen (secondary N) is 2. The van der Waals surface area contributed by atoms with Crippen molar-refractivity contribution >= 4 is 34.2 Å². The normalized spacial score (nSPS) is 11.5. The first-order chi connectivity index (χ1) is 15.9. The lowest BCUT2D eigenvalue weighted by molar-refractivity contribution is -0.130. The number of para-hydroxylation sites is 1. The van der Waals surface area contributed by atoms with E-state index in [0.717, 1.165) is 5.56 Å². The summed E-state index contributed by atoms with van der Waals surface area (Å²) in [5.74, 6) is -0.0313. The topological polar surface area (TPSA) is 114 Å². The molecule has 0 fully saturated rings. The lowest BCUT2D eigenvalue weighted by atomic mass is 10.0. The minimum absolute atomic E-state index is 0.0613. The standard InChI is InChI=1S/C23H26N4O5S/c1-4-17(16-8-5-6-9-18(16)32-13-21(29)27(2)3)25-20(28)12-15-14-33-23(24-15)26-22(30)19-10-7-11-31-19/h5-11,14,17H,4,12-13H2,1-3H3,(H,25,28)(H,24,26,30). The van der Waals surface area contributed by atoms with Crippen LogP contribution in [0.4, 0.5) is 5.13 Å². The van der Waals surface area contributed by atoms with Gasteiger partial charge in [0, 0.05) is 25.0 Å². The van der Waals surface area contributed by atoms with Gasteiger partial charge in [0.05, 0.1) is 24.4 Å². The quantitative estimate of drug-likeness (QED) is 0.470. The molecule has 2 heterocycles. The summed E-state index contributed by atoms with van der Waals surface area (Å²) in [5, 5.41) is 7.76. The number of carbonyl (C=O) groups is 3. The Labute approximate surface area is 195 Å². The molecule has 0 bridgehead atoms. The molecule has 33 heavy (non-hydrogen) atoms. The lowest BCUT2D eigenvalue weighted by Crippen LogP contribution is -2.31. The lowest BCUT2D eigenvalue weighted by Gasteiger charge is -2.21. The fraction of sp³-hybridized carbons (Fsp3) is 0.304. The summed E-state index contributed by atoms with van der Waals surface area (Å²) in [6.07, 6.45) is 2.11. The van der Waals surface area contributed by atoms with Gasteiger partial charge in [-0.25, -0.2) is 4.98 Å². The Balaban J connectivity index is 1.60. The summed E-state index contributed by atoms with van der Waals surface area (Å²) in [7, 11) is 3.33. The van der Waals surface area contributed by atoms with Gasteiger partial charge in [0.1, 0.15) is 5.75 Å². The number of hydrogen-bond acceptors (Lipinski definition) is 7. The number of aromatic nitrogens is 1. The third-order valence-electron chi connectivity index (χ3n) is 4.75. The van der Waals surface area contributed by atoms with Gasteiger partial charge in [0.2, 0.25) is 5.91 Å². The zero-order valence-electron chi connectivity index (χ0n) is 18.7. The van der Waals surface area contributed by atoms with Gasteiger partial charge in [-0.2, -0.15) is 0 Å². The van der Waals surface area contributed by atoms with Crippen molar-refractivity contribution in [2.45, 2.75) is 25.8 Å². The first kappa shape index (κ1) is 24.0. The van der Waals surface area contributed by atoms with Crippen molar-refractivity contribution in [2.75, 3.05) is 26.0 Å². The second-order valence-electron chi connectivity index (χ2n) is 7.40. The summed E-state index contributed by atoms with van der Waals surface area (Å²) in [5.41, 5.74) is 1.34. The van der Waals surface area contributed by atoms with Gasteiger partial charge in [-0.3, -0.25) is 19.7 Å². The molecule has 0 saturated heterocycles. The first-order valence-corrected chi connectivity index (χ1v) is 11.3. The Bertz CT molecular complexity index is 1090. The molecule has 10 heteroatoms. The monoisotopic (exact) mass is 470 g/mol. The fourth-order valence-corrected chi connectivity index (χ4v) is 3.70. The average molecular weight is 471 g/mol. The number of furan rings is 1. The van der Waals surface area contributed by atoms with Crippen LogP contribution in [0.25, 0.3) is 0 Å². The van der Waals surface area contributed by atoms with Crippen LogP contribution in [0.2, 0.25) is 0 Å². The summed E-state index contributed by atoms with van der Waals surface area (Å²) < 4.78 is 10.8. The van der Waals surface area contributed by atoms with Crippen molar-refractivity contribution in [2.24, 2.45) is 0 Å². The second kappa shape index (κ2) is 11.3. The molecule has 0 spiro atoms. The number of carbonyl (C=O) groups excluding carboxylic acids is 3. The molecular weight excluding hydrogens is 444 g/mol. The Kier molecular flexibility index (Phi) is 8.20. The molecule has 0 aliphatic heterocycles. The number of thiazole rings is 1. The Hall–Kier alpha value is -3.66. The zero-order valence-corrected chi connectivity index (χ0v) is 19.5. The van der Waals surface area contributed by atoms with E-state index in [1.54, 1.807) is 37.7 Å². The van der Waals surface area contributed by atoms with Crippen LogP contribution in [0.3, 0.4) is 0 Å². The van der Waals surface area contributed by atoms with Crippen molar-refractivity contribution in [3.05, 3.63) is 65.1 Å². The highest BCUT2D eigenvalue weighted by Crippen LogP contribution is 2.27.